The molecule has 0 bridgehead atoms. The quantitative estimate of drug-likeness (QED) is 0.489. The van der Waals surface area contributed by atoms with Gasteiger partial charge in [-0.05, 0) is 24.4 Å². The third-order valence-electron chi connectivity index (χ3n) is 4.32. The highest BCUT2D eigenvalue weighted by Gasteiger charge is 2.34. The van der Waals surface area contributed by atoms with Crippen molar-refractivity contribution in [3.05, 3.63) is 23.3 Å². The number of hydrogen-bond acceptors (Lipinski definition) is 7. The van der Waals surface area contributed by atoms with E-state index in [1.54, 1.807) is 12.1 Å². The van der Waals surface area contributed by atoms with Gasteiger partial charge in [-0.1, -0.05) is 6.07 Å². The van der Waals surface area contributed by atoms with Crippen molar-refractivity contribution >= 4 is 19.1 Å². The summed E-state index contributed by atoms with van der Waals surface area (Å²) in [7, 11) is -1.03. The van der Waals surface area contributed by atoms with Crippen molar-refractivity contribution in [1.82, 2.24) is 4.90 Å². The zero-order valence-corrected chi connectivity index (χ0v) is 13.4. The number of likely N-dealkylation sites (tertiary alicyclic amines) is 1. The molecule has 1 fully saturated rings. The number of carboxylic acid groups (broad SMARTS) is 2. The molecular weight excluding hydrogens is 331 g/mol. The summed E-state index contributed by atoms with van der Waals surface area (Å²) in [4.78, 5) is 24.2. The lowest BCUT2D eigenvalue weighted by molar-refractivity contribution is -0.139. The first-order valence-electron chi connectivity index (χ1n) is 7.96. The van der Waals surface area contributed by atoms with Gasteiger partial charge in [0.1, 0.15) is 29.2 Å². The maximum Gasteiger partial charge on any atom is 0.522 e. The number of aryl methyl sites for hydroxylation is 1. The zero-order valence-electron chi connectivity index (χ0n) is 13.4. The molecule has 134 valence electrons. The minimum atomic E-state index is -1.19. The van der Waals surface area contributed by atoms with Crippen LogP contribution in [0.4, 0.5) is 0 Å². The highest BCUT2D eigenvalue weighted by Crippen LogP contribution is 2.37. The number of fused-ring (bicyclic) bond motifs is 1. The van der Waals surface area contributed by atoms with Crippen molar-refractivity contribution in [3.63, 3.8) is 0 Å². The molecule has 25 heavy (non-hydrogen) atoms. The molecule has 2 aliphatic rings. The monoisotopic (exact) mass is 350 g/mol. The number of ether oxygens (including phenoxy) is 1. The number of aromatic carboxylic acids is 1. The van der Waals surface area contributed by atoms with Gasteiger partial charge < -0.3 is 30.4 Å². The number of carboxylic acids is 2. The number of rotatable bonds is 6. The van der Waals surface area contributed by atoms with Gasteiger partial charge in [0, 0.05) is 19.6 Å². The van der Waals surface area contributed by atoms with E-state index in [0.29, 0.717) is 25.8 Å². The summed E-state index contributed by atoms with van der Waals surface area (Å²) in [5, 5.41) is 27.9. The predicted molar refractivity (Wildman–Crippen MR) is 87.0 cm³/mol. The second-order valence-electron chi connectivity index (χ2n) is 6.25. The Bertz CT molecular complexity index is 693. The molecule has 0 amide bonds. The highest BCUT2D eigenvalue weighted by molar-refractivity contribution is 6.44. The van der Waals surface area contributed by atoms with Crippen LogP contribution in [0.15, 0.2) is 12.1 Å². The average Bonchev–Trinajstić information content (AvgIpc) is 2.51. The fraction of sp³-hybridized carbons (Fsp3) is 0.467. The second-order valence-corrected chi connectivity index (χ2v) is 6.25. The largest absolute Gasteiger partial charge is 0.535 e. The molecule has 1 aromatic carbocycles. The van der Waals surface area contributed by atoms with Crippen LogP contribution in [0.1, 0.15) is 15.9 Å². The van der Waals surface area contributed by atoms with E-state index in [2.05, 4.69) is 0 Å². The molecule has 0 aliphatic carbocycles. The van der Waals surface area contributed by atoms with Crippen LogP contribution in [0.2, 0.25) is 6.32 Å². The van der Waals surface area contributed by atoms with E-state index >= 15 is 0 Å². The molecule has 10 heteroatoms. The molecule has 2 aliphatic heterocycles. The van der Waals surface area contributed by atoms with E-state index in [1.807, 2.05) is 4.90 Å². The minimum Gasteiger partial charge on any atom is -0.535 e. The third kappa shape index (κ3) is 3.70. The van der Waals surface area contributed by atoms with Gasteiger partial charge in [0.2, 0.25) is 0 Å². The summed E-state index contributed by atoms with van der Waals surface area (Å²) in [5.74, 6) is -1.94. The van der Waals surface area contributed by atoms with Gasteiger partial charge in [-0.2, -0.15) is 0 Å². The molecule has 1 atom stereocenters. The minimum absolute atomic E-state index is 0.100. The molecule has 0 saturated carbocycles. The van der Waals surface area contributed by atoms with Crippen molar-refractivity contribution in [3.8, 4) is 11.5 Å². The van der Waals surface area contributed by atoms with Crippen LogP contribution in [0.3, 0.4) is 0 Å². The van der Waals surface area contributed by atoms with Gasteiger partial charge in [-0.3, -0.25) is 9.69 Å². The van der Waals surface area contributed by atoms with Crippen molar-refractivity contribution in [2.75, 3.05) is 19.6 Å². The van der Waals surface area contributed by atoms with Gasteiger partial charge in [-0.15, -0.1) is 0 Å². The van der Waals surface area contributed by atoms with E-state index in [9.17, 15) is 19.7 Å². The van der Waals surface area contributed by atoms with E-state index in [1.165, 1.54) is 0 Å². The van der Waals surface area contributed by atoms with Crippen molar-refractivity contribution in [2.24, 2.45) is 5.73 Å². The van der Waals surface area contributed by atoms with Crippen LogP contribution in [-0.4, -0.2) is 71.0 Å². The molecule has 3 rings (SSSR count). The van der Waals surface area contributed by atoms with Crippen LogP contribution in [0, 0.1) is 0 Å². The third-order valence-corrected chi connectivity index (χ3v) is 4.32. The Hall–Kier alpha value is -2.30. The molecule has 5 N–H and O–H groups in total. The van der Waals surface area contributed by atoms with Crippen molar-refractivity contribution in [1.29, 1.82) is 0 Å². The number of aliphatic carboxylic acids is 1. The average molecular weight is 350 g/mol. The standard InChI is InChI=1S/C15H19BN2O7/c17-10(14(19)20)7-18-5-9(6-18)24-11-2-1-8-3-4-16(23)25-13(8)12(11)15(21)22/h1-2,9-10,23H,3-7,17H2,(H,19,20)(H,21,22)/t10-/m0/s1. The lowest BCUT2D eigenvalue weighted by Crippen LogP contribution is -2.58. The first kappa shape index (κ1) is 17.5. The van der Waals surface area contributed by atoms with Crippen LogP contribution < -0.4 is 15.1 Å². The van der Waals surface area contributed by atoms with Gasteiger partial charge >= 0.3 is 19.1 Å². The number of hydrogen-bond donors (Lipinski definition) is 4. The maximum atomic E-state index is 11.6. The Kier molecular flexibility index (Phi) is 4.84. The lowest BCUT2D eigenvalue weighted by atomic mass is 9.78. The predicted octanol–water partition coefficient (Wildman–Crippen LogP) is -0.725. The summed E-state index contributed by atoms with van der Waals surface area (Å²) in [6.07, 6.45) is 0.681. The molecule has 0 radical (unpaired) electrons. The smallest absolute Gasteiger partial charge is 0.522 e. The van der Waals surface area contributed by atoms with Crippen LogP contribution in [-0.2, 0) is 11.2 Å². The van der Waals surface area contributed by atoms with Gasteiger partial charge in [0.25, 0.3) is 0 Å². The molecule has 0 unspecified atom stereocenters. The van der Waals surface area contributed by atoms with E-state index in [4.69, 9.17) is 20.2 Å². The summed E-state index contributed by atoms with van der Waals surface area (Å²) < 4.78 is 11.0. The number of nitrogens with two attached hydrogens (primary N) is 1. The first-order valence-corrected chi connectivity index (χ1v) is 7.96. The van der Waals surface area contributed by atoms with Crippen LogP contribution in [0.25, 0.3) is 0 Å². The van der Waals surface area contributed by atoms with Crippen molar-refractivity contribution < 1.29 is 34.2 Å². The summed E-state index contributed by atoms with van der Waals surface area (Å²) in [6, 6.07) is 2.36. The Labute approximate surface area is 144 Å². The van der Waals surface area contributed by atoms with Gasteiger partial charge in [-0.25, -0.2) is 4.79 Å². The SMILES string of the molecule is N[C@@H](CN1CC(Oc2ccc3c(c2C(=O)O)OB(O)CC3)C1)C(=O)O. The van der Waals surface area contributed by atoms with Gasteiger partial charge in [0.05, 0.1) is 0 Å². The van der Waals surface area contributed by atoms with E-state index in [0.717, 1.165) is 5.56 Å². The second kappa shape index (κ2) is 6.91. The molecule has 9 nitrogen and oxygen atoms in total. The number of carbonyl (C=O) groups is 2. The Morgan fingerprint density at radius 1 is 1.40 bits per heavy atom. The molecule has 1 aromatic rings. The van der Waals surface area contributed by atoms with E-state index < -0.39 is 25.1 Å². The Morgan fingerprint density at radius 3 is 2.76 bits per heavy atom. The molecule has 0 spiro atoms. The Balaban J connectivity index is 1.69. The zero-order chi connectivity index (χ0) is 18.1. The molecular formula is C15H19BN2O7. The lowest BCUT2D eigenvalue weighted by Gasteiger charge is -2.40. The molecule has 1 saturated heterocycles. The first-order chi connectivity index (χ1) is 11.8. The van der Waals surface area contributed by atoms with E-state index in [-0.39, 0.29) is 29.7 Å². The van der Waals surface area contributed by atoms with Crippen molar-refractivity contribution in [2.45, 2.75) is 24.9 Å². The number of nitrogens with zero attached hydrogens (tertiary/aromatic N) is 1. The maximum absolute atomic E-state index is 11.6. The number of benzene rings is 1. The fourth-order valence-electron chi connectivity index (χ4n) is 3.00. The topological polar surface area (TPSA) is 143 Å². The van der Waals surface area contributed by atoms with Crippen LogP contribution >= 0.6 is 0 Å². The summed E-state index contributed by atoms with van der Waals surface area (Å²) >= 11 is 0. The summed E-state index contributed by atoms with van der Waals surface area (Å²) in [5.41, 5.74) is 6.10. The highest BCUT2D eigenvalue weighted by atomic mass is 16.5. The Morgan fingerprint density at radius 2 is 2.12 bits per heavy atom. The normalized spacial score (nSPS) is 18.7. The fourth-order valence-corrected chi connectivity index (χ4v) is 3.00. The molecule has 0 aromatic heterocycles. The van der Waals surface area contributed by atoms with Crippen LogP contribution in [0.5, 0.6) is 11.5 Å². The van der Waals surface area contributed by atoms with Gasteiger partial charge in [0.15, 0.2) is 0 Å². The molecule has 2 heterocycles. The summed E-state index contributed by atoms with van der Waals surface area (Å²) in [6.45, 7) is 1.13.